The minimum absolute atomic E-state index is 0.148. The first kappa shape index (κ1) is 15.7. The van der Waals surface area contributed by atoms with Crippen molar-refractivity contribution in [2.45, 2.75) is 32.9 Å². The predicted octanol–water partition coefficient (Wildman–Crippen LogP) is 3.96. The number of ether oxygens (including phenoxy) is 1. The average molecular weight is 291 g/mol. The summed E-state index contributed by atoms with van der Waals surface area (Å²) in [6.07, 6.45) is 0.997. The highest BCUT2D eigenvalue weighted by molar-refractivity contribution is 5.31. The van der Waals surface area contributed by atoms with E-state index in [9.17, 15) is 4.39 Å². The third-order valence-corrected chi connectivity index (χ3v) is 3.38. The second kappa shape index (κ2) is 7.38. The van der Waals surface area contributed by atoms with Crippen molar-refractivity contribution in [3.05, 3.63) is 58.8 Å². The molecule has 0 saturated carbocycles. The standard InChI is InChI=1S/C17H22FNO2/c1-4-9-19-17(13-6-5-12(2)15(18)10-13)16-8-7-14(21-16)11-20-3/h5-8,10,17,19H,4,9,11H2,1-3H3. The van der Waals surface area contributed by atoms with Crippen LogP contribution in [0.15, 0.2) is 34.7 Å². The monoisotopic (exact) mass is 291 g/mol. The van der Waals surface area contributed by atoms with Crippen LogP contribution in [-0.4, -0.2) is 13.7 Å². The van der Waals surface area contributed by atoms with Gasteiger partial charge in [-0.1, -0.05) is 19.1 Å². The lowest BCUT2D eigenvalue weighted by atomic mass is 10.0. The first-order valence-corrected chi connectivity index (χ1v) is 7.22. The second-order valence-electron chi connectivity index (χ2n) is 5.13. The van der Waals surface area contributed by atoms with Gasteiger partial charge in [0.1, 0.15) is 23.9 Å². The smallest absolute Gasteiger partial charge is 0.129 e. The molecule has 1 unspecified atom stereocenters. The maximum Gasteiger partial charge on any atom is 0.129 e. The van der Waals surface area contributed by atoms with E-state index in [4.69, 9.17) is 9.15 Å². The lowest BCUT2D eigenvalue weighted by Crippen LogP contribution is -2.23. The Kier molecular flexibility index (Phi) is 5.53. The maximum absolute atomic E-state index is 13.8. The van der Waals surface area contributed by atoms with Gasteiger partial charge in [-0.25, -0.2) is 4.39 Å². The van der Waals surface area contributed by atoms with Gasteiger partial charge < -0.3 is 14.5 Å². The van der Waals surface area contributed by atoms with Crippen molar-refractivity contribution in [3.63, 3.8) is 0 Å². The number of halogens is 1. The van der Waals surface area contributed by atoms with Crippen molar-refractivity contribution in [1.82, 2.24) is 5.32 Å². The Balaban J connectivity index is 2.29. The second-order valence-corrected chi connectivity index (χ2v) is 5.13. The van der Waals surface area contributed by atoms with E-state index in [0.29, 0.717) is 12.2 Å². The SMILES string of the molecule is CCCNC(c1ccc(C)c(F)c1)c1ccc(COC)o1. The Labute approximate surface area is 125 Å². The number of hydrogen-bond donors (Lipinski definition) is 1. The van der Waals surface area contributed by atoms with Crippen LogP contribution in [0.5, 0.6) is 0 Å². The number of furan rings is 1. The molecule has 0 spiro atoms. The molecule has 1 N–H and O–H groups in total. The first-order valence-electron chi connectivity index (χ1n) is 7.22. The van der Waals surface area contributed by atoms with Gasteiger partial charge in [0, 0.05) is 7.11 Å². The molecule has 1 heterocycles. The van der Waals surface area contributed by atoms with Crippen molar-refractivity contribution in [2.24, 2.45) is 0 Å². The van der Waals surface area contributed by atoms with E-state index in [-0.39, 0.29) is 11.9 Å². The molecular weight excluding hydrogens is 269 g/mol. The fourth-order valence-electron chi connectivity index (χ4n) is 2.23. The van der Waals surface area contributed by atoms with Gasteiger partial charge in [0.15, 0.2) is 0 Å². The normalized spacial score (nSPS) is 12.6. The Morgan fingerprint density at radius 2 is 2.10 bits per heavy atom. The molecular formula is C17H22FNO2. The molecule has 0 aliphatic rings. The molecule has 1 aromatic heterocycles. The minimum atomic E-state index is -0.195. The van der Waals surface area contributed by atoms with E-state index < -0.39 is 0 Å². The Morgan fingerprint density at radius 1 is 1.29 bits per heavy atom. The van der Waals surface area contributed by atoms with Crippen molar-refractivity contribution in [3.8, 4) is 0 Å². The number of hydrogen-bond acceptors (Lipinski definition) is 3. The zero-order valence-corrected chi connectivity index (χ0v) is 12.8. The molecule has 0 aliphatic heterocycles. The molecule has 3 nitrogen and oxygen atoms in total. The maximum atomic E-state index is 13.8. The van der Waals surface area contributed by atoms with Gasteiger partial charge in [0.25, 0.3) is 0 Å². The molecule has 114 valence electrons. The number of methoxy groups -OCH3 is 1. The molecule has 2 rings (SSSR count). The molecule has 21 heavy (non-hydrogen) atoms. The molecule has 0 fully saturated rings. The van der Waals surface area contributed by atoms with E-state index in [2.05, 4.69) is 12.2 Å². The summed E-state index contributed by atoms with van der Waals surface area (Å²) in [5, 5.41) is 3.40. The summed E-state index contributed by atoms with van der Waals surface area (Å²) in [5.41, 5.74) is 1.51. The molecule has 1 aromatic carbocycles. The Bertz CT molecular complexity index is 580. The van der Waals surface area contributed by atoms with E-state index >= 15 is 0 Å². The summed E-state index contributed by atoms with van der Waals surface area (Å²) in [7, 11) is 1.63. The highest BCUT2D eigenvalue weighted by Crippen LogP contribution is 2.26. The fourth-order valence-corrected chi connectivity index (χ4v) is 2.23. The van der Waals surface area contributed by atoms with E-state index in [1.165, 1.54) is 0 Å². The minimum Gasteiger partial charge on any atom is -0.462 e. The number of nitrogens with one attached hydrogen (secondary N) is 1. The lowest BCUT2D eigenvalue weighted by molar-refractivity contribution is 0.162. The molecule has 4 heteroatoms. The van der Waals surface area contributed by atoms with Gasteiger partial charge in [0.2, 0.25) is 0 Å². The van der Waals surface area contributed by atoms with Crippen LogP contribution in [0, 0.1) is 12.7 Å². The van der Waals surface area contributed by atoms with Gasteiger partial charge in [-0.2, -0.15) is 0 Å². The van der Waals surface area contributed by atoms with E-state index in [0.717, 1.165) is 30.0 Å². The molecule has 0 amide bonds. The van der Waals surface area contributed by atoms with Crippen molar-refractivity contribution in [2.75, 3.05) is 13.7 Å². The molecule has 1 atom stereocenters. The zero-order chi connectivity index (χ0) is 15.2. The molecule has 0 saturated heterocycles. The summed E-state index contributed by atoms with van der Waals surface area (Å²) < 4.78 is 24.7. The fraction of sp³-hybridized carbons (Fsp3) is 0.412. The summed E-state index contributed by atoms with van der Waals surface area (Å²) >= 11 is 0. The van der Waals surface area contributed by atoms with Gasteiger partial charge in [-0.15, -0.1) is 0 Å². The van der Waals surface area contributed by atoms with Crippen molar-refractivity contribution in [1.29, 1.82) is 0 Å². The van der Waals surface area contributed by atoms with Crippen LogP contribution in [0.1, 0.15) is 42.0 Å². The summed E-state index contributed by atoms with van der Waals surface area (Å²) in [6.45, 7) is 5.12. The van der Waals surface area contributed by atoms with Crippen LogP contribution >= 0.6 is 0 Å². The Morgan fingerprint density at radius 3 is 2.76 bits per heavy atom. The topological polar surface area (TPSA) is 34.4 Å². The van der Waals surface area contributed by atoms with Gasteiger partial charge in [-0.3, -0.25) is 0 Å². The molecule has 0 aliphatic carbocycles. The van der Waals surface area contributed by atoms with Gasteiger partial charge >= 0.3 is 0 Å². The zero-order valence-electron chi connectivity index (χ0n) is 12.8. The number of rotatable bonds is 7. The number of aryl methyl sites for hydroxylation is 1. The summed E-state index contributed by atoms with van der Waals surface area (Å²) in [6, 6.07) is 8.96. The first-order chi connectivity index (χ1) is 10.2. The van der Waals surface area contributed by atoms with Crippen LogP contribution in [0.2, 0.25) is 0 Å². The molecule has 0 radical (unpaired) electrons. The lowest BCUT2D eigenvalue weighted by Gasteiger charge is -2.17. The van der Waals surface area contributed by atoms with Gasteiger partial charge in [-0.05, 0) is 49.2 Å². The van der Waals surface area contributed by atoms with Crippen LogP contribution in [0.3, 0.4) is 0 Å². The quantitative estimate of drug-likeness (QED) is 0.838. The van der Waals surface area contributed by atoms with E-state index in [1.54, 1.807) is 26.2 Å². The molecule has 0 bridgehead atoms. The highest BCUT2D eigenvalue weighted by atomic mass is 19.1. The predicted molar refractivity (Wildman–Crippen MR) is 80.7 cm³/mol. The number of benzene rings is 1. The Hall–Kier alpha value is -1.65. The third kappa shape index (κ3) is 3.93. The average Bonchev–Trinajstić information content (AvgIpc) is 2.92. The highest BCUT2D eigenvalue weighted by Gasteiger charge is 2.18. The van der Waals surface area contributed by atoms with Crippen LogP contribution in [0.25, 0.3) is 0 Å². The summed E-state index contributed by atoms with van der Waals surface area (Å²) in [4.78, 5) is 0. The molecule has 2 aromatic rings. The summed E-state index contributed by atoms with van der Waals surface area (Å²) in [5.74, 6) is 1.35. The van der Waals surface area contributed by atoms with Crippen LogP contribution in [0.4, 0.5) is 4.39 Å². The largest absolute Gasteiger partial charge is 0.462 e. The van der Waals surface area contributed by atoms with E-state index in [1.807, 2.05) is 18.2 Å². The van der Waals surface area contributed by atoms with Crippen molar-refractivity contribution >= 4 is 0 Å². The van der Waals surface area contributed by atoms with Crippen LogP contribution < -0.4 is 5.32 Å². The van der Waals surface area contributed by atoms with Gasteiger partial charge in [0.05, 0.1) is 6.04 Å². The van der Waals surface area contributed by atoms with Crippen molar-refractivity contribution < 1.29 is 13.5 Å². The third-order valence-electron chi connectivity index (χ3n) is 3.38. The van der Waals surface area contributed by atoms with Crippen LogP contribution in [-0.2, 0) is 11.3 Å².